The number of carbonyl (C=O) groups is 3. The van der Waals surface area contributed by atoms with E-state index >= 15 is 0 Å². The van der Waals surface area contributed by atoms with Crippen molar-refractivity contribution >= 4 is 17.8 Å². The molecule has 27 heavy (non-hydrogen) atoms. The number of allylic oxidation sites excluding steroid dienone is 1. The van der Waals surface area contributed by atoms with E-state index in [2.05, 4.69) is 17.8 Å². The number of nitrogens with one attached hydrogen (secondary N) is 1. The Morgan fingerprint density at radius 3 is 2.74 bits per heavy atom. The van der Waals surface area contributed by atoms with Crippen molar-refractivity contribution in [3.8, 4) is 12.3 Å². The molecule has 1 fully saturated rings. The number of amides is 1. The zero-order valence-corrected chi connectivity index (χ0v) is 15.1. The van der Waals surface area contributed by atoms with Crippen LogP contribution in [0.1, 0.15) is 37.7 Å². The van der Waals surface area contributed by atoms with Crippen molar-refractivity contribution in [2.24, 2.45) is 0 Å². The number of hydrogen-bond donors (Lipinski definition) is 1. The minimum absolute atomic E-state index is 0.0438. The van der Waals surface area contributed by atoms with Crippen molar-refractivity contribution in [3.63, 3.8) is 0 Å². The number of benzene rings is 1. The fourth-order valence-corrected chi connectivity index (χ4v) is 2.81. The molecule has 1 saturated heterocycles. The Bertz CT molecular complexity index is 737. The van der Waals surface area contributed by atoms with Crippen molar-refractivity contribution in [3.05, 3.63) is 48.6 Å². The third kappa shape index (κ3) is 5.45. The lowest BCUT2D eigenvalue weighted by atomic mass is 9.94. The Labute approximate surface area is 158 Å². The smallest absolute Gasteiger partial charge is 0.328 e. The monoisotopic (exact) mass is 369 g/mol. The second kappa shape index (κ2) is 9.58. The van der Waals surface area contributed by atoms with E-state index in [4.69, 9.17) is 15.9 Å². The van der Waals surface area contributed by atoms with Gasteiger partial charge in [0, 0.05) is 12.8 Å². The van der Waals surface area contributed by atoms with Crippen molar-refractivity contribution in [2.75, 3.05) is 0 Å². The summed E-state index contributed by atoms with van der Waals surface area (Å²) in [4.78, 5) is 36.7. The summed E-state index contributed by atoms with van der Waals surface area (Å²) in [5.74, 6) is 0.764. The predicted molar refractivity (Wildman–Crippen MR) is 99.1 cm³/mol. The Morgan fingerprint density at radius 1 is 1.41 bits per heavy atom. The molecule has 2 rings (SSSR count). The standard InChI is InChI=1S/C21H23NO5/c1-3-5-11-17(19(24)26-15-16-9-7-6-8-10-16)22-20(25)21(13-4-2)14-12-18(23)27-21/h2-3,6-10,17H,1,5,11-15H2,(H,22,25)/t17-,21-/m0/s1. The molecule has 1 heterocycles. The van der Waals surface area contributed by atoms with E-state index in [-0.39, 0.29) is 25.9 Å². The molecule has 1 aromatic rings. The zero-order chi connectivity index (χ0) is 19.7. The minimum atomic E-state index is -1.42. The van der Waals surface area contributed by atoms with Gasteiger partial charge in [0.25, 0.3) is 5.91 Å². The maximum atomic E-state index is 12.7. The van der Waals surface area contributed by atoms with E-state index < -0.39 is 29.5 Å². The lowest BCUT2D eigenvalue weighted by Crippen LogP contribution is -2.52. The molecule has 0 bridgehead atoms. The summed E-state index contributed by atoms with van der Waals surface area (Å²) >= 11 is 0. The van der Waals surface area contributed by atoms with Crippen molar-refractivity contribution in [1.82, 2.24) is 5.32 Å². The Hall–Kier alpha value is -3.07. The fraction of sp³-hybridized carbons (Fsp3) is 0.381. The topological polar surface area (TPSA) is 81.7 Å². The van der Waals surface area contributed by atoms with E-state index in [9.17, 15) is 14.4 Å². The van der Waals surface area contributed by atoms with Gasteiger partial charge in [-0.3, -0.25) is 9.59 Å². The van der Waals surface area contributed by atoms with Gasteiger partial charge in [0.2, 0.25) is 5.60 Å². The average Bonchev–Trinajstić information content (AvgIpc) is 3.06. The molecular weight excluding hydrogens is 346 g/mol. The van der Waals surface area contributed by atoms with E-state index in [1.807, 2.05) is 30.3 Å². The van der Waals surface area contributed by atoms with Crippen LogP contribution in [-0.4, -0.2) is 29.5 Å². The van der Waals surface area contributed by atoms with E-state index in [1.165, 1.54) is 0 Å². The molecular formula is C21H23NO5. The lowest BCUT2D eigenvalue weighted by molar-refractivity contribution is -0.160. The minimum Gasteiger partial charge on any atom is -0.459 e. The molecule has 1 aromatic carbocycles. The molecule has 1 aliphatic rings. The maximum absolute atomic E-state index is 12.7. The van der Waals surface area contributed by atoms with Crippen LogP contribution in [0.15, 0.2) is 43.0 Å². The number of esters is 2. The van der Waals surface area contributed by atoms with Crippen LogP contribution in [-0.2, 0) is 30.5 Å². The first-order chi connectivity index (χ1) is 13.0. The normalized spacial score (nSPS) is 19.4. The summed E-state index contributed by atoms with van der Waals surface area (Å²) in [6.45, 7) is 3.74. The summed E-state index contributed by atoms with van der Waals surface area (Å²) in [6, 6.07) is 8.35. The van der Waals surface area contributed by atoms with Gasteiger partial charge in [-0.05, 0) is 18.4 Å². The molecule has 0 aliphatic carbocycles. The molecule has 142 valence electrons. The lowest BCUT2D eigenvalue weighted by Gasteiger charge is -2.27. The van der Waals surface area contributed by atoms with Gasteiger partial charge >= 0.3 is 11.9 Å². The molecule has 2 atom stereocenters. The van der Waals surface area contributed by atoms with E-state index in [0.717, 1.165) is 5.56 Å². The SMILES string of the molecule is C#CC[C@@]1(C(=O)N[C@@H](CCC=C)C(=O)OCc2ccccc2)CCC(=O)O1. The molecule has 6 heteroatoms. The van der Waals surface area contributed by atoms with E-state index in [0.29, 0.717) is 12.8 Å². The van der Waals surface area contributed by atoms with Gasteiger partial charge in [-0.25, -0.2) is 4.79 Å². The Morgan fingerprint density at radius 2 is 2.15 bits per heavy atom. The third-order valence-corrected chi connectivity index (χ3v) is 4.32. The van der Waals surface area contributed by atoms with Crippen molar-refractivity contribution < 1.29 is 23.9 Å². The number of cyclic esters (lactones) is 1. The number of hydrogen-bond acceptors (Lipinski definition) is 5. The van der Waals surface area contributed by atoms with E-state index in [1.54, 1.807) is 6.08 Å². The van der Waals surface area contributed by atoms with Crippen LogP contribution in [0, 0.1) is 12.3 Å². The molecule has 0 radical (unpaired) electrons. The molecule has 1 aliphatic heterocycles. The Kier molecular flexibility index (Phi) is 7.18. The fourth-order valence-electron chi connectivity index (χ4n) is 2.81. The second-order valence-electron chi connectivity index (χ2n) is 6.33. The largest absolute Gasteiger partial charge is 0.459 e. The van der Waals surface area contributed by atoms with Crippen LogP contribution >= 0.6 is 0 Å². The summed E-state index contributed by atoms with van der Waals surface area (Å²) in [6.07, 6.45) is 8.07. The number of terminal acetylenes is 1. The number of ether oxygens (including phenoxy) is 2. The van der Waals surface area contributed by atoms with Crippen LogP contribution < -0.4 is 5.32 Å². The molecule has 6 nitrogen and oxygen atoms in total. The van der Waals surface area contributed by atoms with Gasteiger partial charge in [0.05, 0.1) is 6.42 Å². The van der Waals surface area contributed by atoms with Gasteiger partial charge in [-0.1, -0.05) is 36.4 Å². The second-order valence-corrected chi connectivity index (χ2v) is 6.33. The van der Waals surface area contributed by atoms with Crippen LogP contribution in [0.5, 0.6) is 0 Å². The van der Waals surface area contributed by atoms with Gasteiger partial charge in [0.1, 0.15) is 12.6 Å². The molecule has 0 aromatic heterocycles. The summed E-state index contributed by atoms with van der Waals surface area (Å²) in [7, 11) is 0. The summed E-state index contributed by atoms with van der Waals surface area (Å²) < 4.78 is 10.5. The van der Waals surface area contributed by atoms with Gasteiger partial charge in [-0.2, -0.15) is 0 Å². The zero-order valence-electron chi connectivity index (χ0n) is 15.1. The molecule has 1 N–H and O–H groups in total. The van der Waals surface area contributed by atoms with Gasteiger partial charge < -0.3 is 14.8 Å². The first-order valence-corrected chi connectivity index (χ1v) is 8.78. The molecule has 0 unspecified atom stereocenters. The van der Waals surface area contributed by atoms with Crippen LogP contribution in [0.3, 0.4) is 0 Å². The van der Waals surface area contributed by atoms with Crippen molar-refractivity contribution in [2.45, 2.75) is 50.4 Å². The van der Waals surface area contributed by atoms with Gasteiger partial charge in [0.15, 0.2) is 0 Å². The van der Waals surface area contributed by atoms with Gasteiger partial charge in [-0.15, -0.1) is 18.9 Å². The molecule has 1 amide bonds. The highest BCUT2D eigenvalue weighted by atomic mass is 16.6. The summed E-state index contributed by atoms with van der Waals surface area (Å²) in [5, 5.41) is 2.64. The highest BCUT2D eigenvalue weighted by molar-refractivity contribution is 5.93. The highest BCUT2D eigenvalue weighted by Gasteiger charge is 2.47. The average molecular weight is 369 g/mol. The van der Waals surface area contributed by atoms with Crippen LogP contribution in [0.4, 0.5) is 0 Å². The third-order valence-electron chi connectivity index (χ3n) is 4.32. The first-order valence-electron chi connectivity index (χ1n) is 8.78. The quantitative estimate of drug-likeness (QED) is 0.410. The van der Waals surface area contributed by atoms with Crippen LogP contribution in [0.2, 0.25) is 0 Å². The maximum Gasteiger partial charge on any atom is 0.328 e. The first kappa shape index (κ1) is 20.2. The number of rotatable bonds is 9. The number of carbonyl (C=O) groups excluding carboxylic acids is 3. The highest BCUT2D eigenvalue weighted by Crippen LogP contribution is 2.30. The van der Waals surface area contributed by atoms with Crippen LogP contribution in [0.25, 0.3) is 0 Å². The molecule has 0 saturated carbocycles. The summed E-state index contributed by atoms with van der Waals surface area (Å²) in [5.41, 5.74) is -0.578. The predicted octanol–water partition coefficient (Wildman–Crippen LogP) is 2.28. The Balaban J connectivity index is 2.04. The van der Waals surface area contributed by atoms with Crippen molar-refractivity contribution in [1.29, 1.82) is 0 Å². The molecule has 0 spiro atoms.